The van der Waals surface area contributed by atoms with E-state index in [2.05, 4.69) is 18.3 Å². The lowest BCUT2D eigenvalue weighted by molar-refractivity contribution is 0.619. The molecule has 0 aromatic heterocycles. The molecule has 0 aliphatic heterocycles. The highest BCUT2D eigenvalue weighted by molar-refractivity contribution is 5.65. The van der Waals surface area contributed by atoms with Crippen LogP contribution in [0.15, 0.2) is 23.7 Å². The Hall–Kier alpha value is -1.44. The maximum absolute atomic E-state index is 13.0. The van der Waals surface area contributed by atoms with E-state index in [1.165, 1.54) is 6.07 Å². The minimum Gasteiger partial charge on any atom is -0.264 e. The molecule has 14 heavy (non-hydrogen) atoms. The summed E-state index contributed by atoms with van der Waals surface area (Å²) < 4.78 is 13.0. The van der Waals surface area contributed by atoms with Crippen LogP contribution in [-0.4, -0.2) is 6.72 Å². The van der Waals surface area contributed by atoms with Crippen molar-refractivity contribution in [2.24, 2.45) is 4.99 Å². The van der Waals surface area contributed by atoms with E-state index in [0.29, 0.717) is 11.3 Å². The van der Waals surface area contributed by atoms with Gasteiger partial charge in [0.15, 0.2) is 0 Å². The Morgan fingerprint density at radius 3 is 2.36 bits per heavy atom. The van der Waals surface area contributed by atoms with Gasteiger partial charge in [-0.25, -0.2) is 4.39 Å². The summed E-state index contributed by atoms with van der Waals surface area (Å²) in [5.41, 5.74) is 1.94. The fraction of sp³-hybridized carbons (Fsp3) is 0.250. The van der Waals surface area contributed by atoms with Gasteiger partial charge in [-0.15, -0.1) is 0 Å². The van der Waals surface area contributed by atoms with Crippen molar-refractivity contribution >= 4 is 18.5 Å². The molecule has 0 unspecified atom stereocenters. The minimum absolute atomic E-state index is 0.261. The Kier molecular flexibility index (Phi) is 5.46. The Bertz CT molecular complexity index is 296. The molecule has 1 aromatic rings. The first kappa shape index (κ1) is 12.6. The molecular formula is C12H16FN. The molecule has 0 fully saturated rings. The maximum Gasteiger partial charge on any atom is 0.128 e. The molecule has 0 aliphatic rings. The predicted molar refractivity (Wildman–Crippen MR) is 61.8 cm³/mol. The second-order valence-corrected chi connectivity index (χ2v) is 2.52. The van der Waals surface area contributed by atoms with Crippen molar-refractivity contribution in [1.29, 1.82) is 0 Å². The Balaban J connectivity index is 0.000000791. The summed E-state index contributed by atoms with van der Waals surface area (Å²) in [6.45, 7) is 12.6. The van der Waals surface area contributed by atoms with Gasteiger partial charge in [0.05, 0.1) is 5.69 Å². The SMILES string of the molecule is C=Cc1cc(C)c(F)cc1N=C.CC. The second kappa shape index (κ2) is 6.08. The third kappa shape index (κ3) is 2.80. The first-order chi connectivity index (χ1) is 6.69. The van der Waals surface area contributed by atoms with E-state index < -0.39 is 0 Å². The van der Waals surface area contributed by atoms with Crippen molar-refractivity contribution < 1.29 is 4.39 Å². The van der Waals surface area contributed by atoms with Crippen molar-refractivity contribution in [3.8, 4) is 0 Å². The van der Waals surface area contributed by atoms with E-state index in [1.807, 2.05) is 13.8 Å². The van der Waals surface area contributed by atoms with Gasteiger partial charge in [-0.1, -0.05) is 26.5 Å². The van der Waals surface area contributed by atoms with Crippen molar-refractivity contribution in [2.75, 3.05) is 0 Å². The van der Waals surface area contributed by atoms with Crippen molar-refractivity contribution in [3.63, 3.8) is 0 Å². The van der Waals surface area contributed by atoms with Gasteiger partial charge in [0.25, 0.3) is 0 Å². The zero-order chi connectivity index (χ0) is 11.1. The molecule has 0 saturated heterocycles. The molecule has 0 aliphatic carbocycles. The number of hydrogen-bond donors (Lipinski definition) is 0. The van der Waals surface area contributed by atoms with Crippen LogP contribution in [0.5, 0.6) is 0 Å². The molecule has 1 nitrogen and oxygen atoms in total. The van der Waals surface area contributed by atoms with Gasteiger partial charge < -0.3 is 0 Å². The smallest absolute Gasteiger partial charge is 0.128 e. The summed E-state index contributed by atoms with van der Waals surface area (Å²) in [7, 11) is 0. The zero-order valence-corrected chi connectivity index (χ0v) is 8.97. The number of nitrogens with zero attached hydrogens (tertiary/aromatic N) is 1. The van der Waals surface area contributed by atoms with Crippen LogP contribution in [0.3, 0.4) is 0 Å². The van der Waals surface area contributed by atoms with E-state index in [-0.39, 0.29) is 5.82 Å². The van der Waals surface area contributed by atoms with Gasteiger partial charge in [-0.3, -0.25) is 4.99 Å². The quantitative estimate of drug-likeness (QED) is 0.626. The first-order valence-corrected chi connectivity index (χ1v) is 4.58. The van der Waals surface area contributed by atoms with Gasteiger partial charge >= 0.3 is 0 Å². The lowest BCUT2D eigenvalue weighted by Crippen LogP contribution is -1.84. The lowest BCUT2D eigenvalue weighted by Gasteiger charge is -2.02. The van der Waals surface area contributed by atoms with E-state index in [9.17, 15) is 4.39 Å². The summed E-state index contributed by atoms with van der Waals surface area (Å²) in [6.07, 6.45) is 1.64. The van der Waals surface area contributed by atoms with Gasteiger partial charge in [-0.2, -0.15) is 0 Å². The highest BCUT2D eigenvalue weighted by atomic mass is 19.1. The van der Waals surface area contributed by atoms with Crippen molar-refractivity contribution in [1.82, 2.24) is 0 Å². The predicted octanol–water partition coefficient (Wildman–Crippen LogP) is 4.14. The molecule has 0 atom stereocenters. The standard InChI is InChI=1S/C10H10FN.C2H6/c1-4-8-5-7(2)9(11)6-10(8)12-3;1-2/h4-6H,1,3H2,2H3;1-2H3. The van der Waals surface area contributed by atoms with Gasteiger partial charge in [-0.05, 0) is 30.8 Å². The Morgan fingerprint density at radius 1 is 1.36 bits per heavy atom. The topological polar surface area (TPSA) is 12.4 Å². The van der Waals surface area contributed by atoms with Crippen LogP contribution in [0.1, 0.15) is 25.0 Å². The zero-order valence-electron chi connectivity index (χ0n) is 8.97. The number of rotatable bonds is 2. The molecule has 0 bridgehead atoms. The summed E-state index contributed by atoms with van der Waals surface area (Å²) in [5, 5.41) is 0. The van der Waals surface area contributed by atoms with Crippen LogP contribution in [-0.2, 0) is 0 Å². The highest BCUT2D eigenvalue weighted by Crippen LogP contribution is 2.23. The van der Waals surface area contributed by atoms with Crippen LogP contribution < -0.4 is 0 Å². The average Bonchev–Trinajstić information content (AvgIpc) is 2.24. The number of hydrogen-bond acceptors (Lipinski definition) is 1. The summed E-state index contributed by atoms with van der Waals surface area (Å²) in [5.74, 6) is -0.261. The second-order valence-electron chi connectivity index (χ2n) is 2.52. The fourth-order valence-electron chi connectivity index (χ4n) is 0.994. The molecule has 0 radical (unpaired) electrons. The molecule has 0 heterocycles. The van der Waals surface area contributed by atoms with Crippen molar-refractivity contribution in [2.45, 2.75) is 20.8 Å². The third-order valence-electron chi connectivity index (χ3n) is 1.70. The average molecular weight is 193 g/mol. The Labute approximate surface area is 85.0 Å². The number of aliphatic imine (C=N–C) groups is 1. The van der Waals surface area contributed by atoms with Gasteiger partial charge in [0.1, 0.15) is 5.82 Å². The van der Waals surface area contributed by atoms with E-state index >= 15 is 0 Å². The molecule has 0 amide bonds. The van der Waals surface area contributed by atoms with Crippen LogP contribution in [0.4, 0.5) is 10.1 Å². The highest BCUT2D eigenvalue weighted by Gasteiger charge is 2.02. The molecule has 1 rings (SSSR count). The molecule has 0 spiro atoms. The number of halogens is 1. The van der Waals surface area contributed by atoms with Crippen molar-refractivity contribution in [3.05, 3.63) is 35.7 Å². The summed E-state index contributed by atoms with van der Waals surface area (Å²) in [6, 6.07) is 3.06. The van der Waals surface area contributed by atoms with E-state index in [0.717, 1.165) is 5.56 Å². The fourth-order valence-corrected chi connectivity index (χ4v) is 0.994. The summed E-state index contributed by atoms with van der Waals surface area (Å²) >= 11 is 0. The molecule has 2 heteroatoms. The molecule has 0 saturated carbocycles. The van der Waals surface area contributed by atoms with Gasteiger partial charge in [0, 0.05) is 6.07 Å². The van der Waals surface area contributed by atoms with Gasteiger partial charge in [0.2, 0.25) is 0 Å². The van der Waals surface area contributed by atoms with Crippen LogP contribution in [0, 0.1) is 12.7 Å². The number of aryl methyl sites for hydroxylation is 1. The Morgan fingerprint density at radius 2 is 1.93 bits per heavy atom. The van der Waals surface area contributed by atoms with Crippen LogP contribution >= 0.6 is 0 Å². The molecule has 0 N–H and O–H groups in total. The summed E-state index contributed by atoms with van der Waals surface area (Å²) in [4.78, 5) is 3.68. The normalized spacial score (nSPS) is 8.57. The first-order valence-electron chi connectivity index (χ1n) is 4.58. The van der Waals surface area contributed by atoms with Crippen LogP contribution in [0.2, 0.25) is 0 Å². The van der Waals surface area contributed by atoms with E-state index in [4.69, 9.17) is 0 Å². The maximum atomic E-state index is 13.0. The monoisotopic (exact) mass is 193 g/mol. The molecule has 1 aromatic carbocycles. The lowest BCUT2D eigenvalue weighted by atomic mass is 10.1. The number of benzene rings is 1. The minimum atomic E-state index is -0.261. The third-order valence-corrected chi connectivity index (χ3v) is 1.70. The molecular weight excluding hydrogens is 177 g/mol. The van der Waals surface area contributed by atoms with Crippen LogP contribution in [0.25, 0.3) is 6.08 Å². The largest absolute Gasteiger partial charge is 0.264 e. The van der Waals surface area contributed by atoms with E-state index in [1.54, 1.807) is 19.1 Å². The molecule has 76 valence electrons.